The van der Waals surface area contributed by atoms with Gasteiger partial charge in [-0.05, 0) is 33.6 Å². The summed E-state index contributed by atoms with van der Waals surface area (Å²) in [7, 11) is 0. The number of carbonyl (C=O) groups excluding carboxylic acids is 1. The van der Waals surface area contributed by atoms with Crippen molar-refractivity contribution in [3.63, 3.8) is 0 Å². The molecule has 0 aromatic heterocycles. The first-order chi connectivity index (χ1) is 6.90. The predicted molar refractivity (Wildman–Crippen MR) is 60.4 cm³/mol. The van der Waals surface area contributed by atoms with E-state index >= 15 is 0 Å². The van der Waals surface area contributed by atoms with Gasteiger partial charge < -0.3 is 5.32 Å². The zero-order valence-corrected chi connectivity index (χ0v) is 10.1. The lowest BCUT2D eigenvalue weighted by Gasteiger charge is -2.32. The molecule has 1 amide bonds. The Balaban J connectivity index is 2.62. The lowest BCUT2D eigenvalue weighted by molar-refractivity contribution is -0.117. The van der Waals surface area contributed by atoms with Crippen LogP contribution in [0.4, 0.5) is 10.1 Å². The molecule has 1 aliphatic heterocycles. The van der Waals surface area contributed by atoms with Crippen LogP contribution in [-0.4, -0.2) is 5.91 Å². The van der Waals surface area contributed by atoms with Crippen molar-refractivity contribution < 1.29 is 9.18 Å². The summed E-state index contributed by atoms with van der Waals surface area (Å²) >= 11 is 3.15. The predicted octanol–water partition coefficient (Wildman–Crippen LogP) is 3.21. The van der Waals surface area contributed by atoms with Crippen LogP contribution in [0.1, 0.15) is 25.8 Å². The summed E-state index contributed by atoms with van der Waals surface area (Å²) in [5.74, 6) is -0.416. The number of amides is 1. The van der Waals surface area contributed by atoms with Gasteiger partial charge in [-0.2, -0.15) is 0 Å². The summed E-state index contributed by atoms with van der Waals surface area (Å²) in [6, 6.07) is 3.10. The quantitative estimate of drug-likeness (QED) is 0.772. The number of hydrogen-bond donors (Lipinski definition) is 1. The van der Waals surface area contributed by atoms with Gasteiger partial charge in [0.2, 0.25) is 5.91 Å². The third-order valence-electron chi connectivity index (χ3n) is 2.67. The molecule has 1 heterocycles. The van der Waals surface area contributed by atoms with E-state index < -0.39 is 0 Å². The first-order valence-electron chi connectivity index (χ1n) is 4.69. The van der Waals surface area contributed by atoms with E-state index in [1.165, 1.54) is 6.07 Å². The summed E-state index contributed by atoms with van der Waals surface area (Å²) in [6.07, 6.45) is 0.429. The summed E-state index contributed by atoms with van der Waals surface area (Å²) in [4.78, 5) is 11.4. The smallest absolute Gasteiger partial charge is 0.225 e. The van der Waals surface area contributed by atoms with E-state index in [1.54, 1.807) is 6.07 Å². The van der Waals surface area contributed by atoms with Crippen LogP contribution in [-0.2, 0) is 10.2 Å². The molecule has 80 valence electrons. The van der Waals surface area contributed by atoms with Crippen LogP contribution in [0, 0.1) is 5.82 Å². The highest BCUT2D eigenvalue weighted by molar-refractivity contribution is 9.10. The molecule has 0 unspecified atom stereocenters. The highest BCUT2D eigenvalue weighted by Crippen LogP contribution is 2.39. The molecule has 15 heavy (non-hydrogen) atoms. The van der Waals surface area contributed by atoms with Crippen LogP contribution in [0.15, 0.2) is 16.6 Å². The van der Waals surface area contributed by atoms with Crippen LogP contribution < -0.4 is 5.32 Å². The number of fused-ring (bicyclic) bond motifs is 1. The van der Waals surface area contributed by atoms with E-state index in [-0.39, 0.29) is 17.1 Å². The largest absolute Gasteiger partial charge is 0.326 e. The van der Waals surface area contributed by atoms with Gasteiger partial charge in [-0.15, -0.1) is 0 Å². The Hall–Kier alpha value is -0.900. The average molecular weight is 272 g/mol. The molecule has 0 saturated carbocycles. The van der Waals surface area contributed by atoms with Gasteiger partial charge in [0.25, 0.3) is 0 Å². The standard InChI is InChI=1S/C11H11BrFNO/c1-11(2)5-10(15)14-9-4-8(13)7(12)3-6(9)11/h3-4H,5H2,1-2H3,(H,14,15). The Kier molecular flexibility index (Phi) is 2.34. The van der Waals surface area contributed by atoms with E-state index in [0.29, 0.717) is 16.6 Å². The number of anilines is 1. The van der Waals surface area contributed by atoms with E-state index in [9.17, 15) is 9.18 Å². The molecule has 1 aromatic carbocycles. The molecule has 0 saturated heterocycles. The Morgan fingerprint density at radius 3 is 2.80 bits per heavy atom. The minimum Gasteiger partial charge on any atom is -0.326 e. The van der Waals surface area contributed by atoms with Crippen molar-refractivity contribution in [1.82, 2.24) is 0 Å². The zero-order valence-electron chi connectivity index (χ0n) is 8.53. The fourth-order valence-corrected chi connectivity index (χ4v) is 2.24. The number of rotatable bonds is 0. The SMILES string of the molecule is CC1(C)CC(=O)Nc2cc(F)c(Br)cc21. The molecular formula is C11H11BrFNO. The van der Waals surface area contributed by atoms with E-state index in [4.69, 9.17) is 0 Å². The summed E-state index contributed by atoms with van der Waals surface area (Å²) < 4.78 is 13.7. The molecule has 4 heteroatoms. The number of nitrogens with one attached hydrogen (secondary N) is 1. The van der Waals surface area contributed by atoms with Crippen LogP contribution >= 0.6 is 15.9 Å². The number of halogens is 2. The van der Waals surface area contributed by atoms with Gasteiger partial charge in [-0.1, -0.05) is 13.8 Å². The van der Waals surface area contributed by atoms with E-state index in [0.717, 1.165) is 5.56 Å². The van der Waals surface area contributed by atoms with Gasteiger partial charge >= 0.3 is 0 Å². The van der Waals surface area contributed by atoms with Gasteiger partial charge in [0.05, 0.1) is 4.47 Å². The molecule has 0 spiro atoms. The maximum Gasteiger partial charge on any atom is 0.225 e. The zero-order chi connectivity index (χ0) is 11.2. The van der Waals surface area contributed by atoms with Gasteiger partial charge in [0.15, 0.2) is 0 Å². The molecule has 0 bridgehead atoms. The molecule has 1 N–H and O–H groups in total. The number of carbonyl (C=O) groups is 1. The summed E-state index contributed by atoms with van der Waals surface area (Å²) in [5, 5.41) is 2.68. The second kappa shape index (κ2) is 3.30. The molecule has 0 aliphatic carbocycles. The maximum atomic E-state index is 13.3. The van der Waals surface area contributed by atoms with Crippen molar-refractivity contribution >= 4 is 27.5 Å². The number of benzene rings is 1. The molecule has 2 rings (SSSR count). The van der Waals surface area contributed by atoms with Gasteiger partial charge in [0, 0.05) is 17.5 Å². The summed E-state index contributed by atoms with van der Waals surface area (Å²) in [5.41, 5.74) is 1.31. The molecule has 1 aromatic rings. The lowest BCUT2D eigenvalue weighted by Crippen LogP contribution is -2.32. The topological polar surface area (TPSA) is 29.1 Å². The van der Waals surface area contributed by atoms with Gasteiger partial charge in [-0.25, -0.2) is 4.39 Å². The Morgan fingerprint density at radius 2 is 2.13 bits per heavy atom. The van der Waals surface area contributed by atoms with Crippen LogP contribution in [0.25, 0.3) is 0 Å². The Labute approximate surface area is 96.0 Å². The maximum absolute atomic E-state index is 13.3. The van der Waals surface area contributed by atoms with E-state index in [2.05, 4.69) is 21.2 Å². The van der Waals surface area contributed by atoms with Crippen LogP contribution in [0.3, 0.4) is 0 Å². The van der Waals surface area contributed by atoms with E-state index in [1.807, 2.05) is 13.8 Å². The highest BCUT2D eigenvalue weighted by Gasteiger charge is 2.32. The Bertz CT molecular complexity index is 442. The van der Waals surface area contributed by atoms with Crippen LogP contribution in [0.2, 0.25) is 0 Å². The minimum absolute atomic E-state index is 0.0609. The molecule has 2 nitrogen and oxygen atoms in total. The van der Waals surface area contributed by atoms with Gasteiger partial charge in [-0.3, -0.25) is 4.79 Å². The van der Waals surface area contributed by atoms with Crippen molar-refractivity contribution in [3.05, 3.63) is 28.0 Å². The van der Waals surface area contributed by atoms with Crippen molar-refractivity contribution in [2.75, 3.05) is 5.32 Å². The van der Waals surface area contributed by atoms with Crippen molar-refractivity contribution in [2.24, 2.45) is 0 Å². The molecule has 0 fully saturated rings. The second-order valence-electron chi connectivity index (χ2n) is 4.42. The molecular weight excluding hydrogens is 261 g/mol. The minimum atomic E-state index is -0.355. The molecule has 1 aliphatic rings. The second-order valence-corrected chi connectivity index (χ2v) is 5.28. The first-order valence-corrected chi connectivity index (χ1v) is 5.49. The average Bonchev–Trinajstić information content (AvgIpc) is 2.07. The van der Waals surface area contributed by atoms with Crippen molar-refractivity contribution in [3.8, 4) is 0 Å². The van der Waals surface area contributed by atoms with Gasteiger partial charge in [0.1, 0.15) is 5.82 Å². The fourth-order valence-electron chi connectivity index (χ4n) is 1.90. The molecule has 0 atom stereocenters. The van der Waals surface area contributed by atoms with Crippen LogP contribution in [0.5, 0.6) is 0 Å². The van der Waals surface area contributed by atoms with Crippen molar-refractivity contribution in [1.29, 1.82) is 0 Å². The highest BCUT2D eigenvalue weighted by atomic mass is 79.9. The summed E-state index contributed by atoms with van der Waals surface area (Å²) in [6.45, 7) is 3.96. The third-order valence-corrected chi connectivity index (χ3v) is 3.27. The first kappa shape index (κ1) is 10.6. The normalized spacial score (nSPS) is 18.3. The fraction of sp³-hybridized carbons (Fsp3) is 0.364. The van der Waals surface area contributed by atoms with Crippen molar-refractivity contribution in [2.45, 2.75) is 25.7 Å². The lowest BCUT2D eigenvalue weighted by atomic mass is 9.78. The molecule has 0 radical (unpaired) electrons. The third kappa shape index (κ3) is 1.78. The Morgan fingerprint density at radius 1 is 1.47 bits per heavy atom. The number of hydrogen-bond acceptors (Lipinski definition) is 1. The monoisotopic (exact) mass is 271 g/mol.